The maximum absolute atomic E-state index is 13.6. The van der Waals surface area contributed by atoms with E-state index in [2.05, 4.69) is 15.9 Å². The number of rotatable bonds is 4. The van der Waals surface area contributed by atoms with Gasteiger partial charge in [-0.05, 0) is 31.0 Å². The van der Waals surface area contributed by atoms with E-state index in [0.717, 1.165) is 18.2 Å². The van der Waals surface area contributed by atoms with E-state index in [1.165, 1.54) is 18.6 Å². The van der Waals surface area contributed by atoms with E-state index in [9.17, 15) is 4.39 Å². The molecular weight excluding hydrogens is 285 g/mol. The molecule has 90 valence electrons. The Morgan fingerprint density at radius 2 is 2.24 bits per heavy atom. The van der Waals surface area contributed by atoms with Gasteiger partial charge in [0.25, 0.3) is 0 Å². The van der Waals surface area contributed by atoms with Crippen LogP contribution in [-0.2, 0) is 0 Å². The van der Waals surface area contributed by atoms with Crippen LogP contribution in [0, 0.1) is 22.6 Å². The van der Waals surface area contributed by atoms with Crippen LogP contribution < -0.4 is 4.74 Å². The second-order valence-corrected chi connectivity index (χ2v) is 5.09. The minimum absolute atomic E-state index is 0.167. The third-order valence-corrected chi connectivity index (χ3v) is 4.48. The fourth-order valence-corrected chi connectivity index (χ4v) is 2.63. The minimum atomic E-state index is -0.465. The maximum atomic E-state index is 13.6. The Bertz CT molecular complexity index is 446. The number of nitrogens with zero attached hydrogens (tertiary/aromatic N) is 1. The molecule has 0 N–H and O–H groups in total. The van der Waals surface area contributed by atoms with E-state index >= 15 is 0 Å². The fraction of sp³-hybridized carbons (Fsp3) is 0.462. The van der Waals surface area contributed by atoms with Crippen molar-refractivity contribution in [1.29, 1.82) is 5.26 Å². The van der Waals surface area contributed by atoms with Crippen LogP contribution >= 0.6 is 15.9 Å². The number of halogens is 2. The second kappa shape index (κ2) is 5.05. The summed E-state index contributed by atoms with van der Waals surface area (Å²) in [5, 5.41) is 9.52. The van der Waals surface area contributed by atoms with Gasteiger partial charge in [-0.2, -0.15) is 5.26 Å². The zero-order valence-electron chi connectivity index (χ0n) is 9.38. The molecule has 0 unspecified atom stereocenters. The Morgan fingerprint density at radius 1 is 1.47 bits per heavy atom. The average molecular weight is 298 g/mol. The molecule has 0 saturated heterocycles. The number of hydrogen-bond acceptors (Lipinski definition) is 2. The molecule has 1 fully saturated rings. The lowest BCUT2D eigenvalue weighted by Gasteiger charge is -2.39. The molecule has 2 nitrogen and oxygen atoms in total. The van der Waals surface area contributed by atoms with Gasteiger partial charge in [0.1, 0.15) is 0 Å². The van der Waals surface area contributed by atoms with Crippen molar-refractivity contribution in [3.05, 3.63) is 29.6 Å². The van der Waals surface area contributed by atoms with Gasteiger partial charge in [0.15, 0.2) is 11.6 Å². The van der Waals surface area contributed by atoms with Gasteiger partial charge >= 0.3 is 0 Å². The first-order valence-electron chi connectivity index (χ1n) is 5.57. The molecule has 0 heterocycles. The molecule has 0 aromatic heterocycles. The van der Waals surface area contributed by atoms with Gasteiger partial charge in [-0.1, -0.05) is 22.4 Å². The van der Waals surface area contributed by atoms with Gasteiger partial charge in [-0.15, -0.1) is 0 Å². The van der Waals surface area contributed by atoms with Gasteiger partial charge in [0, 0.05) is 10.7 Å². The molecule has 1 aromatic rings. The van der Waals surface area contributed by atoms with Crippen LogP contribution in [0.3, 0.4) is 0 Å². The fourth-order valence-electron chi connectivity index (χ4n) is 1.91. The first-order valence-corrected chi connectivity index (χ1v) is 6.70. The van der Waals surface area contributed by atoms with E-state index in [4.69, 9.17) is 10.00 Å². The smallest absolute Gasteiger partial charge is 0.166 e. The zero-order chi connectivity index (χ0) is 12.3. The molecule has 0 amide bonds. The largest absolute Gasteiger partial charge is 0.490 e. The lowest BCUT2D eigenvalue weighted by atomic mass is 9.71. The number of hydrogen-bond donors (Lipinski definition) is 0. The lowest BCUT2D eigenvalue weighted by molar-refractivity contribution is 0.0814. The van der Waals surface area contributed by atoms with Crippen LogP contribution in [-0.4, -0.2) is 11.9 Å². The van der Waals surface area contributed by atoms with Crippen molar-refractivity contribution in [2.45, 2.75) is 19.3 Å². The zero-order valence-corrected chi connectivity index (χ0v) is 11.0. The lowest BCUT2D eigenvalue weighted by Crippen LogP contribution is -2.37. The molecule has 2 rings (SSSR count). The van der Waals surface area contributed by atoms with Crippen molar-refractivity contribution in [3.63, 3.8) is 0 Å². The molecule has 17 heavy (non-hydrogen) atoms. The molecule has 1 aliphatic carbocycles. The predicted octanol–water partition coefficient (Wildman–Crippen LogP) is 3.64. The van der Waals surface area contributed by atoms with E-state index in [1.54, 1.807) is 6.07 Å². The molecule has 0 radical (unpaired) electrons. The van der Waals surface area contributed by atoms with Crippen LogP contribution in [0.2, 0.25) is 0 Å². The minimum Gasteiger partial charge on any atom is -0.490 e. The predicted molar refractivity (Wildman–Crippen MR) is 66.7 cm³/mol. The molecule has 4 heteroatoms. The Balaban J connectivity index is 2.02. The standard InChI is InChI=1S/C13H13BrFNO/c14-8-13(4-1-5-13)9-17-12-3-2-10(7-16)6-11(12)15/h2-3,6H,1,4-5,8-9H2. The average Bonchev–Trinajstić information content (AvgIpc) is 2.30. The Morgan fingerprint density at radius 3 is 2.71 bits per heavy atom. The topological polar surface area (TPSA) is 33.0 Å². The van der Waals surface area contributed by atoms with E-state index in [1.807, 2.05) is 6.07 Å². The summed E-state index contributed by atoms with van der Waals surface area (Å²) in [4.78, 5) is 0. The van der Waals surface area contributed by atoms with Gasteiger partial charge in [0.05, 0.1) is 18.2 Å². The Hall–Kier alpha value is -1.08. The molecule has 0 atom stereocenters. The third kappa shape index (κ3) is 2.61. The quantitative estimate of drug-likeness (QED) is 0.795. The molecule has 1 aromatic carbocycles. The van der Waals surface area contributed by atoms with Crippen LogP contribution in [0.25, 0.3) is 0 Å². The van der Waals surface area contributed by atoms with Gasteiger partial charge in [-0.25, -0.2) is 4.39 Å². The summed E-state index contributed by atoms with van der Waals surface area (Å²) in [6.45, 7) is 0.529. The Kier molecular flexibility index (Phi) is 3.68. The van der Waals surface area contributed by atoms with Gasteiger partial charge < -0.3 is 4.74 Å². The van der Waals surface area contributed by atoms with Gasteiger partial charge in [0.2, 0.25) is 0 Å². The summed E-state index contributed by atoms with van der Waals surface area (Å²) in [6.07, 6.45) is 3.46. The van der Waals surface area contributed by atoms with Crippen LogP contribution in [0.5, 0.6) is 5.75 Å². The Labute approximate surface area is 109 Å². The van der Waals surface area contributed by atoms with Crippen LogP contribution in [0.15, 0.2) is 18.2 Å². The summed E-state index contributed by atoms with van der Waals surface area (Å²) in [6, 6.07) is 6.19. The molecule has 1 saturated carbocycles. The highest BCUT2D eigenvalue weighted by Gasteiger charge is 2.36. The van der Waals surface area contributed by atoms with Crippen molar-refractivity contribution in [2.24, 2.45) is 5.41 Å². The number of alkyl halides is 1. The monoisotopic (exact) mass is 297 g/mol. The molecule has 0 aliphatic heterocycles. The van der Waals surface area contributed by atoms with Crippen molar-refractivity contribution >= 4 is 15.9 Å². The van der Waals surface area contributed by atoms with Gasteiger partial charge in [-0.3, -0.25) is 0 Å². The van der Waals surface area contributed by atoms with E-state index in [0.29, 0.717) is 12.2 Å². The summed E-state index contributed by atoms with van der Waals surface area (Å²) in [5.41, 5.74) is 0.481. The number of ether oxygens (including phenoxy) is 1. The maximum Gasteiger partial charge on any atom is 0.166 e. The molecular formula is C13H13BrFNO. The van der Waals surface area contributed by atoms with E-state index in [-0.39, 0.29) is 11.2 Å². The first kappa shape index (κ1) is 12.4. The van der Waals surface area contributed by atoms with Crippen LogP contribution in [0.1, 0.15) is 24.8 Å². The van der Waals surface area contributed by atoms with Crippen molar-refractivity contribution < 1.29 is 9.13 Å². The third-order valence-electron chi connectivity index (χ3n) is 3.29. The SMILES string of the molecule is N#Cc1ccc(OCC2(CBr)CCC2)c(F)c1. The summed E-state index contributed by atoms with van der Waals surface area (Å²) in [5.74, 6) is -0.232. The van der Waals surface area contributed by atoms with E-state index < -0.39 is 5.82 Å². The van der Waals surface area contributed by atoms with Crippen LogP contribution in [0.4, 0.5) is 4.39 Å². The number of benzene rings is 1. The highest BCUT2D eigenvalue weighted by atomic mass is 79.9. The van der Waals surface area contributed by atoms with Crippen molar-refractivity contribution in [2.75, 3.05) is 11.9 Å². The summed E-state index contributed by atoms with van der Waals surface area (Å²) >= 11 is 3.48. The molecule has 0 spiro atoms. The van der Waals surface area contributed by atoms with Crippen molar-refractivity contribution in [3.8, 4) is 11.8 Å². The second-order valence-electron chi connectivity index (χ2n) is 4.53. The summed E-state index contributed by atoms with van der Waals surface area (Å²) in [7, 11) is 0. The highest BCUT2D eigenvalue weighted by Crippen LogP contribution is 2.42. The highest BCUT2D eigenvalue weighted by molar-refractivity contribution is 9.09. The van der Waals surface area contributed by atoms with Crippen molar-refractivity contribution in [1.82, 2.24) is 0 Å². The molecule has 0 bridgehead atoms. The molecule has 1 aliphatic rings. The normalized spacial score (nSPS) is 17.0. The number of nitriles is 1. The summed E-state index contributed by atoms with van der Waals surface area (Å²) < 4.78 is 19.1. The first-order chi connectivity index (χ1) is 8.19.